The number of carbonyl (C=O) groups excluding carboxylic acids is 2. The van der Waals surface area contributed by atoms with E-state index in [1.165, 1.54) is 4.90 Å². The first-order valence-electron chi connectivity index (χ1n) is 9.09. The zero-order valence-electron chi connectivity index (χ0n) is 15.5. The summed E-state index contributed by atoms with van der Waals surface area (Å²) >= 11 is 0. The summed E-state index contributed by atoms with van der Waals surface area (Å²) in [6, 6.07) is 15.9. The van der Waals surface area contributed by atoms with Crippen molar-refractivity contribution in [3.05, 3.63) is 60.2 Å². The van der Waals surface area contributed by atoms with E-state index in [9.17, 15) is 19.5 Å². The van der Waals surface area contributed by atoms with Crippen LogP contribution in [-0.2, 0) is 14.4 Å². The average Bonchev–Trinajstić information content (AvgIpc) is 2.69. The second-order valence-electron chi connectivity index (χ2n) is 6.57. The lowest BCUT2D eigenvalue weighted by atomic mass is 9.99. The second-order valence-corrected chi connectivity index (χ2v) is 6.57. The van der Waals surface area contributed by atoms with Crippen molar-refractivity contribution < 1.29 is 24.2 Å². The van der Waals surface area contributed by atoms with Gasteiger partial charge in [0.15, 0.2) is 6.10 Å². The van der Waals surface area contributed by atoms with Crippen LogP contribution in [0.25, 0.3) is 0 Å². The molecule has 1 aliphatic heterocycles. The van der Waals surface area contributed by atoms with E-state index < -0.39 is 18.0 Å². The van der Waals surface area contributed by atoms with Crippen molar-refractivity contribution in [2.24, 2.45) is 0 Å². The Morgan fingerprint density at radius 1 is 1.14 bits per heavy atom. The fourth-order valence-corrected chi connectivity index (χ4v) is 3.14. The van der Waals surface area contributed by atoms with Gasteiger partial charge in [-0.15, -0.1) is 0 Å². The van der Waals surface area contributed by atoms with Crippen molar-refractivity contribution in [2.45, 2.75) is 25.4 Å². The Kier molecular flexibility index (Phi) is 5.93. The Morgan fingerprint density at radius 2 is 1.82 bits per heavy atom. The topological polar surface area (TPSA) is 95.9 Å². The molecule has 2 N–H and O–H groups in total. The number of para-hydroxylation sites is 2. The van der Waals surface area contributed by atoms with Crippen LogP contribution in [0.15, 0.2) is 54.6 Å². The number of carbonyl (C=O) groups is 3. The highest BCUT2D eigenvalue weighted by Crippen LogP contribution is 2.33. The van der Waals surface area contributed by atoms with E-state index in [1.807, 2.05) is 6.07 Å². The van der Waals surface area contributed by atoms with E-state index in [0.717, 1.165) is 0 Å². The van der Waals surface area contributed by atoms with Gasteiger partial charge in [0.1, 0.15) is 5.75 Å². The molecule has 2 atom stereocenters. The first-order chi connectivity index (χ1) is 13.5. The van der Waals surface area contributed by atoms with E-state index in [-0.39, 0.29) is 31.3 Å². The van der Waals surface area contributed by atoms with Gasteiger partial charge in [-0.25, -0.2) is 0 Å². The zero-order chi connectivity index (χ0) is 20.1. The second kappa shape index (κ2) is 8.56. The van der Waals surface area contributed by atoms with Crippen LogP contribution in [0.2, 0.25) is 0 Å². The lowest BCUT2D eigenvalue weighted by Gasteiger charge is -2.32. The number of nitrogens with zero attached hydrogens (tertiary/aromatic N) is 1. The van der Waals surface area contributed by atoms with Gasteiger partial charge < -0.3 is 20.1 Å². The molecule has 3 rings (SSSR count). The number of anilines is 1. The summed E-state index contributed by atoms with van der Waals surface area (Å²) in [5, 5.41) is 12.1. The number of rotatable bonds is 7. The summed E-state index contributed by atoms with van der Waals surface area (Å²) in [7, 11) is 0. The SMILES string of the molecule is CC1Oc2ccccc2N(CCC(=O)NCC(C(=O)O)c2ccccc2)C1=O. The number of amides is 2. The Bertz CT molecular complexity index is 868. The molecule has 28 heavy (non-hydrogen) atoms. The molecule has 0 saturated heterocycles. The molecule has 0 saturated carbocycles. The van der Waals surface area contributed by atoms with Gasteiger partial charge in [0.25, 0.3) is 5.91 Å². The van der Waals surface area contributed by atoms with Gasteiger partial charge >= 0.3 is 5.97 Å². The number of carboxylic acid groups (broad SMARTS) is 1. The molecule has 0 radical (unpaired) electrons. The number of hydrogen-bond donors (Lipinski definition) is 2. The van der Waals surface area contributed by atoms with Crippen molar-refractivity contribution in [1.82, 2.24) is 5.32 Å². The average molecular weight is 382 g/mol. The number of nitrogens with one attached hydrogen (secondary N) is 1. The molecule has 7 heteroatoms. The fraction of sp³-hybridized carbons (Fsp3) is 0.286. The number of ether oxygens (including phenoxy) is 1. The van der Waals surface area contributed by atoms with Gasteiger partial charge in [-0.3, -0.25) is 14.4 Å². The summed E-state index contributed by atoms with van der Waals surface area (Å²) in [5.74, 6) is -1.75. The van der Waals surface area contributed by atoms with Crippen LogP contribution in [0.3, 0.4) is 0 Å². The molecule has 2 aromatic carbocycles. The molecular formula is C21H22N2O5. The number of fused-ring (bicyclic) bond motifs is 1. The third-order valence-electron chi connectivity index (χ3n) is 4.64. The first-order valence-corrected chi connectivity index (χ1v) is 9.09. The number of carboxylic acids is 1. The molecule has 2 aromatic rings. The molecule has 2 amide bonds. The molecule has 7 nitrogen and oxygen atoms in total. The van der Waals surface area contributed by atoms with Crippen molar-refractivity contribution in [2.75, 3.05) is 18.0 Å². The molecule has 1 heterocycles. The standard InChI is InChI=1S/C21H22N2O5/c1-14-20(25)23(17-9-5-6-10-18(17)28-14)12-11-19(24)22-13-16(21(26)27)15-7-3-2-4-8-15/h2-10,14,16H,11-13H2,1H3,(H,22,24)(H,26,27). The maximum absolute atomic E-state index is 12.4. The van der Waals surface area contributed by atoms with Crippen LogP contribution < -0.4 is 15.0 Å². The maximum atomic E-state index is 12.4. The molecule has 0 spiro atoms. The zero-order valence-corrected chi connectivity index (χ0v) is 15.5. The minimum Gasteiger partial charge on any atom is -0.481 e. The van der Waals surface area contributed by atoms with Gasteiger partial charge in [-0.05, 0) is 24.6 Å². The largest absolute Gasteiger partial charge is 0.481 e. The Balaban J connectivity index is 1.60. The monoisotopic (exact) mass is 382 g/mol. The molecule has 0 aliphatic carbocycles. The predicted octanol–water partition coefficient (Wildman–Crippen LogP) is 2.18. The van der Waals surface area contributed by atoms with Crippen molar-refractivity contribution in [1.29, 1.82) is 0 Å². The minimum absolute atomic E-state index is 0.0117. The van der Waals surface area contributed by atoms with Crippen LogP contribution in [-0.4, -0.2) is 42.1 Å². The van der Waals surface area contributed by atoms with Crippen LogP contribution in [0.1, 0.15) is 24.8 Å². The van der Waals surface area contributed by atoms with E-state index in [0.29, 0.717) is 17.0 Å². The predicted molar refractivity (Wildman–Crippen MR) is 103 cm³/mol. The number of aliphatic carboxylic acids is 1. The highest BCUT2D eigenvalue weighted by Gasteiger charge is 2.31. The summed E-state index contributed by atoms with van der Waals surface area (Å²) in [6.45, 7) is 1.85. The Labute approximate surface area is 162 Å². The van der Waals surface area contributed by atoms with Crippen LogP contribution >= 0.6 is 0 Å². The van der Waals surface area contributed by atoms with Crippen LogP contribution in [0.5, 0.6) is 5.75 Å². The Hall–Kier alpha value is -3.35. The van der Waals surface area contributed by atoms with Crippen molar-refractivity contribution in [3.63, 3.8) is 0 Å². The lowest BCUT2D eigenvalue weighted by molar-refractivity contribution is -0.138. The smallest absolute Gasteiger partial charge is 0.312 e. The maximum Gasteiger partial charge on any atom is 0.312 e. The number of hydrogen-bond acceptors (Lipinski definition) is 4. The first kappa shape index (κ1) is 19.4. The summed E-state index contributed by atoms with van der Waals surface area (Å²) in [4.78, 5) is 37.8. The van der Waals surface area contributed by atoms with Crippen molar-refractivity contribution >= 4 is 23.5 Å². The molecule has 1 aliphatic rings. The van der Waals surface area contributed by atoms with E-state index in [2.05, 4.69) is 5.32 Å². The minimum atomic E-state index is -1.00. The fourth-order valence-electron chi connectivity index (χ4n) is 3.14. The molecule has 146 valence electrons. The Morgan fingerprint density at radius 3 is 2.54 bits per heavy atom. The van der Waals surface area contributed by atoms with Crippen molar-refractivity contribution in [3.8, 4) is 5.75 Å². The highest BCUT2D eigenvalue weighted by atomic mass is 16.5. The molecule has 2 unspecified atom stereocenters. The van der Waals surface area contributed by atoms with Gasteiger partial charge in [-0.1, -0.05) is 42.5 Å². The third kappa shape index (κ3) is 4.31. The lowest BCUT2D eigenvalue weighted by Crippen LogP contribution is -2.46. The van der Waals surface area contributed by atoms with Gasteiger partial charge in [0, 0.05) is 19.5 Å². The van der Waals surface area contributed by atoms with E-state index >= 15 is 0 Å². The van der Waals surface area contributed by atoms with Gasteiger partial charge in [-0.2, -0.15) is 0 Å². The molecule has 0 bridgehead atoms. The summed E-state index contributed by atoms with van der Waals surface area (Å²) in [5.41, 5.74) is 1.26. The molecule has 0 fully saturated rings. The van der Waals surface area contributed by atoms with Crippen LogP contribution in [0.4, 0.5) is 5.69 Å². The van der Waals surface area contributed by atoms with Crippen LogP contribution in [0, 0.1) is 0 Å². The summed E-state index contributed by atoms with van der Waals surface area (Å²) < 4.78 is 5.58. The summed E-state index contributed by atoms with van der Waals surface area (Å²) in [6.07, 6.45) is -0.555. The highest BCUT2D eigenvalue weighted by molar-refractivity contribution is 6.00. The molecule has 0 aromatic heterocycles. The third-order valence-corrected chi connectivity index (χ3v) is 4.64. The van der Waals surface area contributed by atoms with Gasteiger partial charge in [0.05, 0.1) is 11.6 Å². The normalized spacial score (nSPS) is 16.7. The van der Waals surface area contributed by atoms with E-state index in [4.69, 9.17) is 4.74 Å². The quantitative estimate of drug-likeness (QED) is 0.765. The van der Waals surface area contributed by atoms with Gasteiger partial charge in [0.2, 0.25) is 5.91 Å². The molecular weight excluding hydrogens is 360 g/mol. The number of benzene rings is 2. The van der Waals surface area contributed by atoms with E-state index in [1.54, 1.807) is 55.5 Å².